The first-order valence-electron chi connectivity index (χ1n) is 5.49. The van der Waals surface area contributed by atoms with Gasteiger partial charge in [-0.2, -0.15) is 0 Å². The second kappa shape index (κ2) is 3.47. The third-order valence-electron chi connectivity index (χ3n) is 3.33. The van der Waals surface area contributed by atoms with Crippen LogP contribution in [0.3, 0.4) is 0 Å². The topological polar surface area (TPSA) is 35.8 Å². The van der Waals surface area contributed by atoms with Crippen molar-refractivity contribution in [1.82, 2.24) is 4.90 Å². The first-order valence-corrected chi connectivity index (χ1v) is 5.87. The van der Waals surface area contributed by atoms with Gasteiger partial charge in [-0.1, -0.05) is 23.7 Å². The molecular formula is C12H13ClN2O. The first kappa shape index (κ1) is 10.1. The Balaban J connectivity index is 1.97. The molecule has 2 aliphatic heterocycles. The largest absolute Gasteiger partial charge is 0.365 e. The van der Waals surface area contributed by atoms with E-state index in [1.165, 1.54) is 0 Å². The van der Waals surface area contributed by atoms with Crippen LogP contribution in [0.15, 0.2) is 29.3 Å². The maximum atomic E-state index is 10.7. The smallest absolute Gasteiger partial charge is 0.185 e. The highest BCUT2D eigenvalue weighted by atomic mass is 35.5. The number of halogens is 1. The van der Waals surface area contributed by atoms with Gasteiger partial charge in [-0.05, 0) is 18.6 Å². The van der Waals surface area contributed by atoms with Gasteiger partial charge in [-0.15, -0.1) is 0 Å². The number of amidine groups is 1. The molecule has 1 fully saturated rings. The highest BCUT2D eigenvalue weighted by Crippen LogP contribution is 2.35. The molecule has 3 rings (SSSR count). The maximum absolute atomic E-state index is 10.7. The fraction of sp³-hybridized carbons (Fsp3) is 0.417. The zero-order valence-electron chi connectivity index (χ0n) is 8.86. The molecule has 16 heavy (non-hydrogen) atoms. The quantitative estimate of drug-likeness (QED) is 0.810. The van der Waals surface area contributed by atoms with Gasteiger partial charge < -0.3 is 10.0 Å². The van der Waals surface area contributed by atoms with E-state index in [-0.39, 0.29) is 0 Å². The molecule has 0 saturated carbocycles. The molecule has 1 N–H and O–H groups in total. The molecule has 0 aromatic heterocycles. The van der Waals surface area contributed by atoms with Gasteiger partial charge in [0.25, 0.3) is 0 Å². The Morgan fingerprint density at radius 3 is 2.81 bits per heavy atom. The van der Waals surface area contributed by atoms with E-state index in [0.29, 0.717) is 11.6 Å². The van der Waals surface area contributed by atoms with E-state index in [9.17, 15) is 5.11 Å². The van der Waals surface area contributed by atoms with Crippen LogP contribution in [0.5, 0.6) is 0 Å². The van der Waals surface area contributed by atoms with Gasteiger partial charge in [0.2, 0.25) is 0 Å². The monoisotopic (exact) mass is 236 g/mol. The minimum Gasteiger partial charge on any atom is -0.365 e. The van der Waals surface area contributed by atoms with E-state index < -0.39 is 5.72 Å². The molecular weight excluding hydrogens is 224 g/mol. The highest BCUT2D eigenvalue weighted by Gasteiger charge is 2.44. The van der Waals surface area contributed by atoms with Crippen molar-refractivity contribution in [2.24, 2.45) is 4.99 Å². The molecule has 0 bridgehead atoms. The van der Waals surface area contributed by atoms with Crippen LogP contribution in [0.25, 0.3) is 0 Å². The van der Waals surface area contributed by atoms with Crippen molar-refractivity contribution in [3.63, 3.8) is 0 Å². The Labute approximate surface area is 99.4 Å². The molecule has 0 radical (unpaired) electrons. The fourth-order valence-corrected chi connectivity index (χ4v) is 2.60. The van der Waals surface area contributed by atoms with Gasteiger partial charge in [0.05, 0.1) is 6.54 Å². The van der Waals surface area contributed by atoms with E-state index in [1.807, 2.05) is 29.2 Å². The van der Waals surface area contributed by atoms with Crippen molar-refractivity contribution in [2.75, 3.05) is 13.1 Å². The summed E-state index contributed by atoms with van der Waals surface area (Å²) < 4.78 is 0. The van der Waals surface area contributed by atoms with E-state index in [1.54, 1.807) is 0 Å². The van der Waals surface area contributed by atoms with Gasteiger partial charge in [-0.25, -0.2) is 0 Å². The summed E-state index contributed by atoms with van der Waals surface area (Å²) in [5, 5.41) is 11.4. The normalized spacial score (nSPS) is 28.1. The number of hydrogen-bond acceptors (Lipinski definition) is 3. The Hall–Kier alpha value is -1.06. The maximum Gasteiger partial charge on any atom is 0.185 e. The second-order valence-corrected chi connectivity index (χ2v) is 4.75. The lowest BCUT2D eigenvalue weighted by atomic mass is 10.0. The highest BCUT2D eigenvalue weighted by molar-refractivity contribution is 6.30. The number of rotatable bonds is 1. The Morgan fingerprint density at radius 2 is 2.06 bits per heavy atom. The molecule has 2 heterocycles. The van der Waals surface area contributed by atoms with E-state index in [4.69, 9.17) is 11.6 Å². The zero-order valence-corrected chi connectivity index (χ0v) is 9.61. The van der Waals surface area contributed by atoms with E-state index in [2.05, 4.69) is 4.99 Å². The summed E-state index contributed by atoms with van der Waals surface area (Å²) in [6.45, 7) is 1.32. The van der Waals surface area contributed by atoms with Crippen LogP contribution in [0.2, 0.25) is 5.02 Å². The number of nitrogens with zero attached hydrogens (tertiary/aromatic N) is 2. The molecule has 3 nitrogen and oxygen atoms in total. The van der Waals surface area contributed by atoms with Crippen LogP contribution in [0.1, 0.15) is 18.4 Å². The van der Waals surface area contributed by atoms with Crippen LogP contribution in [0, 0.1) is 0 Å². The summed E-state index contributed by atoms with van der Waals surface area (Å²) in [5.41, 5.74) is -0.0753. The van der Waals surface area contributed by atoms with Gasteiger partial charge in [0.1, 0.15) is 5.84 Å². The molecule has 1 saturated heterocycles. The summed E-state index contributed by atoms with van der Waals surface area (Å²) in [5.74, 6) is 1.04. The van der Waals surface area contributed by atoms with Gasteiger partial charge in [-0.3, -0.25) is 4.99 Å². The summed E-state index contributed by atoms with van der Waals surface area (Å²) in [6.07, 6.45) is 2.06. The third kappa shape index (κ3) is 1.35. The molecule has 4 heteroatoms. The van der Waals surface area contributed by atoms with Crippen LogP contribution in [0.4, 0.5) is 0 Å². The van der Waals surface area contributed by atoms with E-state index >= 15 is 0 Å². The summed E-state index contributed by atoms with van der Waals surface area (Å²) in [7, 11) is 0. The molecule has 0 unspecified atom stereocenters. The van der Waals surface area contributed by atoms with Crippen molar-refractivity contribution >= 4 is 17.4 Å². The van der Waals surface area contributed by atoms with Gasteiger partial charge in [0.15, 0.2) is 5.72 Å². The predicted molar refractivity (Wildman–Crippen MR) is 63.6 cm³/mol. The molecule has 1 atom stereocenters. The number of benzene rings is 1. The summed E-state index contributed by atoms with van der Waals surface area (Å²) >= 11 is 5.85. The van der Waals surface area contributed by atoms with Crippen LogP contribution in [-0.4, -0.2) is 28.9 Å². The molecule has 0 spiro atoms. The SMILES string of the molecule is O[C@@]1(c2ccc(Cl)cc2)CN=C2CCCN21. The van der Waals surface area contributed by atoms with Crippen LogP contribution >= 0.6 is 11.6 Å². The lowest BCUT2D eigenvalue weighted by molar-refractivity contribution is -0.0511. The predicted octanol–water partition coefficient (Wildman–Crippen LogP) is 1.99. The van der Waals surface area contributed by atoms with Crippen molar-refractivity contribution in [1.29, 1.82) is 0 Å². The standard InChI is InChI=1S/C12H13ClN2O/c13-10-5-3-9(4-6-10)12(16)8-14-11-2-1-7-15(11)12/h3-6,16H,1-2,7-8H2/t12-/m1/s1. The lowest BCUT2D eigenvalue weighted by Crippen LogP contribution is -2.44. The first-order chi connectivity index (χ1) is 7.70. The Bertz CT molecular complexity index is 443. The Morgan fingerprint density at radius 1 is 1.31 bits per heavy atom. The third-order valence-corrected chi connectivity index (χ3v) is 3.58. The molecule has 2 aliphatic rings. The van der Waals surface area contributed by atoms with Crippen molar-refractivity contribution in [3.05, 3.63) is 34.9 Å². The van der Waals surface area contributed by atoms with Crippen LogP contribution < -0.4 is 0 Å². The number of aliphatic imine (C=N–C) groups is 1. The number of aliphatic hydroxyl groups is 1. The average molecular weight is 237 g/mol. The minimum absolute atomic E-state index is 0.434. The van der Waals surface area contributed by atoms with Crippen LogP contribution in [-0.2, 0) is 5.72 Å². The fourth-order valence-electron chi connectivity index (χ4n) is 2.47. The lowest BCUT2D eigenvalue weighted by Gasteiger charge is -2.32. The zero-order chi connectivity index (χ0) is 11.2. The van der Waals surface area contributed by atoms with Crippen molar-refractivity contribution in [3.8, 4) is 0 Å². The Kier molecular flexibility index (Phi) is 2.19. The molecule has 1 aromatic rings. The second-order valence-electron chi connectivity index (χ2n) is 4.31. The molecule has 0 amide bonds. The van der Waals surface area contributed by atoms with E-state index in [0.717, 1.165) is 30.8 Å². The average Bonchev–Trinajstić information content (AvgIpc) is 2.85. The molecule has 0 aliphatic carbocycles. The van der Waals surface area contributed by atoms with Gasteiger partial charge in [0, 0.05) is 23.6 Å². The summed E-state index contributed by atoms with van der Waals surface area (Å²) in [6, 6.07) is 7.37. The van der Waals surface area contributed by atoms with Crippen molar-refractivity contribution < 1.29 is 5.11 Å². The molecule has 84 valence electrons. The summed E-state index contributed by atoms with van der Waals surface area (Å²) in [4.78, 5) is 6.42. The number of hydrogen-bond donors (Lipinski definition) is 1. The van der Waals surface area contributed by atoms with Crippen molar-refractivity contribution in [2.45, 2.75) is 18.6 Å². The minimum atomic E-state index is -0.948. The van der Waals surface area contributed by atoms with Gasteiger partial charge >= 0.3 is 0 Å². The molecule has 1 aromatic carbocycles. The number of fused-ring (bicyclic) bond motifs is 1.